The van der Waals surface area contributed by atoms with E-state index in [1.165, 1.54) is 13.2 Å². The van der Waals surface area contributed by atoms with Crippen molar-refractivity contribution >= 4 is 0 Å². The van der Waals surface area contributed by atoms with Gasteiger partial charge in [0.1, 0.15) is 11.6 Å². The fraction of sp³-hybridized carbons (Fsp3) is 0.400. The molecule has 1 aliphatic heterocycles. The van der Waals surface area contributed by atoms with Crippen molar-refractivity contribution < 1.29 is 18.6 Å². The van der Waals surface area contributed by atoms with Crippen molar-refractivity contribution in [1.82, 2.24) is 0 Å². The molecule has 1 aliphatic rings. The van der Waals surface area contributed by atoms with Crippen molar-refractivity contribution in [3.8, 4) is 5.75 Å². The Morgan fingerprint density at radius 1 is 1.36 bits per heavy atom. The van der Waals surface area contributed by atoms with Crippen LogP contribution in [0, 0.1) is 5.82 Å². The van der Waals surface area contributed by atoms with Crippen LogP contribution in [0.2, 0.25) is 0 Å². The average Bonchev–Trinajstić information content (AvgIpc) is 2.70. The Labute approximate surface area is 81.4 Å². The van der Waals surface area contributed by atoms with E-state index in [0.29, 0.717) is 24.5 Å². The monoisotopic (exact) mass is 198 g/mol. The van der Waals surface area contributed by atoms with Gasteiger partial charge in [-0.2, -0.15) is 0 Å². The number of ether oxygens (including phenoxy) is 3. The van der Waals surface area contributed by atoms with Gasteiger partial charge in [-0.05, 0) is 12.1 Å². The molecule has 0 bridgehead atoms. The van der Waals surface area contributed by atoms with Gasteiger partial charge in [0.2, 0.25) is 0 Å². The van der Waals surface area contributed by atoms with E-state index in [-0.39, 0.29) is 5.82 Å². The van der Waals surface area contributed by atoms with Gasteiger partial charge < -0.3 is 14.2 Å². The SMILES string of the molecule is COc1cccc(F)c1C1OCCO1. The maximum absolute atomic E-state index is 13.4. The van der Waals surface area contributed by atoms with Gasteiger partial charge in [-0.1, -0.05) is 6.07 Å². The fourth-order valence-electron chi connectivity index (χ4n) is 1.45. The Kier molecular flexibility index (Phi) is 2.65. The summed E-state index contributed by atoms with van der Waals surface area (Å²) in [6, 6.07) is 4.64. The van der Waals surface area contributed by atoms with Crippen molar-refractivity contribution in [1.29, 1.82) is 0 Å². The van der Waals surface area contributed by atoms with Gasteiger partial charge >= 0.3 is 0 Å². The van der Waals surface area contributed by atoms with Crippen LogP contribution in [0.5, 0.6) is 5.75 Å². The Morgan fingerprint density at radius 3 is 2.71 bits per heavy atom. The maximum atomic E-state index is 13.4. The smallest absolute Gasteiger partial charge is 0.190 e. The minimum atomic E-state index is -0.633. The maximum Gasteiger partial charge on any atom is 0.190 e. The number of hydrogen-bond donors (Lipinski definition) is 0. The molecule has 0 unspecified atom stereocenters. The molecule has 14 heavy (non-hydrogen) atoms. The molecule has 76 valence electrons. The summed E-state index contributed by atoms with van der Waals surface area (Å²) in [7, 11) is 1.49. The van der Waals surface area contributed by atoms with E-state index in [1.54, 1.807) is 12.1 Å². The summed E-state index contributed by atoms with van der Waals surface area (Å²) in [6.07, 6.45) is -0.633. The van der Waals surface area contributed by atoms with Crippen molar-refractivity contribution in [3.05, 3.63) is 29.6 Å². The minimum Gasteiger partial charge on any atom is -0.496 e. The summed E-state index contributed by atoms with van der Waals surface area (Å²) in [5.41, 5.74) is 0.340. The summed E-state index contributed by atoms with van der Waals surface area (Å²) < 4.78 is 28.9. The summed E-state index contributed by atoms with van der Waals surface area (Å²) >= 11 is 0. The minimum absolute atomic E-state index is 0.340. The Hall–Kier alpha value is -1.13. The quantitative estimate of drug-likeness (QED) is 0.726. The van der Waals surface area contributed by atoms with E-state index in [9.17, 15) is 4.39 Å². The van der Waals surface area contributed by atoms with Crippen LogP contribution in [0.1, 0.15) is 11.9 Å². The van der Waals surface area contributed by atoms with Crippen LogP contribution in [-0.2, 0) is 9.47 Å². The van der Waals surface area contributed by atoms with E-state index in [1.807, 2.05) is 0 Å². The number of rotatable bonds is 2. The van der Waals surface area contributed by atoms with Gasteiger partial charge in [0.25, 0.3) is 0 Å². The van der Waals surface area contributed by atoms with Crippen LogP contribution in [0.25, 0.3) is 0 Å². The zero-order valence-electron chi connectivity index (χ0n) is 7.83. The zero-order valence-corrected chi connectivity index (χ0v) is 7.83. The predicted octanol–water partition coefficient (Wildman–Crippen LogP) is 1.88. The van der Waals surface area contributed by atoms with Crippen LogP contribution in [0.15, 0.2) is 18.2 Å². The number of hydrogen-bond acceptors (Lipinski definition) is 3. The van der Waals surface area contributed by atoms with E-state index in [0.717, 1.165) is 0 Å². The summed E-state index contributed by atoms with van der Waals surface area (Å²) in [5, 5.41) is 0. The van der Waals surface area contributed by atoms with Gasteiger partial charge in [0.05, 0.1) is 25.9 Å². The highest BCUT2D eigenvalue weighted by molar-refractivity contribution is 5.35. The molecule has 0 aromatic heterocycles. The third-order valence-electron chi connectivity index (χ3n) is 2.09. The molecule has 1 aromatic rings. The molecular formula is C10H11FO3. The first kappa shape index (κ1) is 9.43. The molecule has 3 nitrogen and oxygen atoms in total. The largest absolute Gasteiger partial charge is 0.496 e. The van der Waals surface area contributed by atoms with Crippen LogP contribution in [-0.4, -0.2) is 20.3 Å². The number of benzene rings is 1. The highest BCUT2D eigenvalue weighted by Gasteiger charge is 2.25. The van der Waals surface area contributed by atoms with Gasteiger partial charge in [0, 0.05) is 0 Å². The van der Waals surface area contributed by atoms with Crippen LogP contribution in [0.3, 0.4) is 0 Å². The molecule has 0 aliphatic carbocycles. The molecule has 0 spiro atoms. The van der Waals surface area contributed by atoms with Crippen LogP contribution in [0.4, 0.5) is 4.39 Å². The zero-order chi connectivity index (χ0) is 9.97. The molecule has 4 heteroatoms. The fourth-order valence-corrected chi connectivity index (χ4v) is 1.45. The summed E-state index contributed by atoms with van der Waals surface area (Å²) in [6.45, 7) is 0.976. The molecule has 0 saturated carbocycles. The first-order chi connectivity index (χ1) is 6.83. The molecule has 0 atom stereocenters. The first-order valence-corrected chi connectivity index (χ1v) is 4.38. The Bertz CT molecular complexity index is 321. The lowest BCUT2D eigenvalue weighted by Crippen LogP contribution is -2.04. The lowest BCUT2D eigenvalue weighted by molar-refractivity contribution is -0.0478. The highest BCUT2D eigenvalue weighted by Crippen LogP contribution is 2.32. The number of halogens is 1. The van der Waals surface area contributed by atoms with E-state index in [4.69, 9.17) is 14.2 Å². The average molecular weight is 198 g/mol. The summed E-state index contributed by atoms with van der Waals surface area (Å²) in [5.74, 6) is 0.0909. The molecular weight excluding hydrogens is 187 g/mol. The lowest BCUT2D eigenvalue weighted by atomic mass is 10.2. The second-order valence-corrected chi connectivity index (χ2v) is 2.93. The third kappa shape index (κ3) is 1.58. The summed E-state index contributed by atoms with van der Waals surface area (Å²) in [4.78, 5) is 0. The normalized spacial score (nSPS) is 17.3. The third-order valence-corrected chi connectivity index (χ3v) is 2.09. The van der Waals surface area contributed by atoms with Crippen molar-refractivity contribution in [2.45, 2.75) is 6.29 Å². The van der Waals surface area contributed by atoms with Crippen molar-refractivity contribution in [2.75, 3.05) is 20.3 Å². The standard InChI is InChI=1S/C10H11FO3/c1-12-8-4-2-3-7(11)9(8)10-13-5-6-14-10/h2-4,10H,5-6H2,1H3. The van der Waals surface area contributed by atoms with Gasteiger partial charge in [-0.3, -0.25) is 0 Å². The van der Waals surface area contributed by atoms with Crippen LogP contribution < -0.4 is 4.74 Å². The van der Waals surface area contributed by atoms with E-state index in [2.05, 4.69) is 0 Å². The van der Waals surface area contributed by atoms with Gasteiger partial charge in [-0.25, -0.2) is 4.39 Å². The van der Waals surface area contributed by atoms with Crippen molar-refractivity contribution in [3.63, 3.8) is 0 Å². The Morgan fingerprint density at radius 2 is 2.07 bits per heavy atom. The van der Waals surface area contributed by atoms with Crippen LogP contribution >= 0.6 is 0 Å². The molecule has 1 saturated heterocycles. The molecule has 0 radical (unpaired) electrons. The number of methoxy groups -OCH3 is 1. The molecule has 1 fully saturated rings. The Balaban J connectivity index is 2.37. The molecule has 1 heterocycles. The molecule has 1 aromatic carbocycles. The van der Waals surface area contributed by atoms with E-state index >= 15 is 0 Å². The lowest BCUT2D eigenvalue weighted by Gasteiger charge is -2.14. The molecule has 0 amide bonds. The van der Waals surface area contributed by atoms with Crippen molar-refractivity contribution in [2.24, 2.45) is 0 Å². The highest BCUT2D eigenvalue weighted by atomic mass is 19.1. The van der Waals surface area contributed by atoms with E-state index < -0.39 is 6.29 Å². The first-order valence-electron chi connectivity index (χ1n) is 4.38. The second kappa shape index (κ2) is 3.94. The predicted molar refractivity (Wildman–Crippen MR) is 47.6 cm³/mol. The van der Waals surface area contributed by atoms with Gasteiger partial charge in [0.15, 0.2) is 6.29 Å². The topological polar surface area (TPSA) is 27.7 Å². The second-order valence-electron chi connectivity index (χ2n) is 2.93. The van der Waals surface area contributed by atoms with Gasteiger partial charge in [-0.15, -0.1) is 0 Å². The molecule has 0 N–H and O–H groups in total. The molecule has 2 rings (SSSR count).